The number of hydrogen-bond acceptors (Lipinski definition) is 2. The van der Waals surface area contributed by atoms with E-state index in [2.05, 4.69) is 9.47 Å². The molecule has 0 amide bonds. The molecule has 1 atom stereocenters. The predicted octanol–water partition coefficient (Wildman–Crippen LogP) is 4.05. The second-order valence-corrected chi connectivity index (χ2v) is 3.71. The summed E-state index contributed by atoms with van der Waals surface area (Å²) in [6.45, 7) is 3.63. The van der Waals surface area contributed by atoms with Crippen molar-refractivity contribution in [2.75, 3.05) is 6.61 Å². The Morgan fingerprint density at radius 1 is 0.944 bits per heavy atom. The number of halogens is 6. The maximum absolute atomic E-state index is 12.8. The second kappa shape index (κ2) is 6.10. The molecule has 0 aromatic heterocycles. The summed E-state index contributed by atoms with van der Waals surface area (Å²) in [6, 6.07) is 0. The Morgan fingerprint density at radius 2 is 1.39 bits per heavy atom. The summed E-state index contributed by atoms with van der Waals surface area (Å²) in [6.07, 6.45) is -14.2. The number of hydrogen-bond donors (Lipinski definition) is 0. The van der Waals surface area contributed by atoms with Crippen LogP contribution in [0.4, 0.5) is 26.3 Å². The van der Waals surface area contributed by atoms with Crippen molar-refractivity contribution in [1.29, 1.82) is 0 Å². The Hall–Kier alpha value is -0.500. The van der Waals surface area contributed by atoms with Gasteiger partial charge in [-0.15, -0.1) is 0 Å². The summed E-state index contributed by atoms with van der Waals surface area (Å²) < 4.78 is 85.3. The molecule has 0 rings (SSSR count). The van der Waals surface area contributed by atoms with Gasteiger partial charge in [0, 0.05) is 6.61 Å². The minimum Gasteiger partial charge on any atom is -0.353 e. The van der Waals surface area contributed by atoms with Crippen molar-refractivity contribution in [2.24, 2.45) is 0 Å². The average Bonchev–Trinajstić information content (AvgIpc) is 2.13. The highest BCUT2D eigenvalue weighted by Gasteiger charge is 2.72. The lowest BCUT2D eigenvalue weighted by Crippen LogP contribution is -2.60. The first-order valence-corrected chi connectivity index (χ1v) is 5.44. The smallest absolute Gasteiger partial charge is 0.353 e. The maximum Gasteiger partial charge on any atom is 0.426 e. The van der Waals surface area contributed by atoms with E-state index in [9.17, 15) is 26.3 Å². The highest BCUT2D eigenvalue weighted by Crippen LogP contribution is 2.49. The fraction of sp³-hybridized carbons (Fsp3) is 1.00. The van der Waals surface area contributed by atoms with Crippen molar-refractivity contribution >= 4 is 0 Å². The molecule has 8 heteroatoms. The molecular formula is C10H16F6O2. The standard InChI is InChI=1S/C10H16F6O2/c1-4-6-8(9(11,12)13,10(14,15)16)18-7(3)17-5-2/h7H,4-6H2,1-3H3. The second-order valence-electron chi connectivity index (χ2n) is 3.71. The summed E-state index contributed by atoms with van der Waals surface area (Å²) in [5.41, 5.74) is -4.18. The Morgan fingerprint density at radius 3 is 1.67 bits per heavy atom. The molecule has 0 radical (unpaired) electrons. The van der Waals surface area contributed by atoms with E-state index in [1.807, 2.05) is 0 Å². The lowest BCUT2D eigenvalue weighted by atomic mass is 9.96. The van der Waals surface area contributed by atoms with Gasteiger partial charge in [-0.25, -0.2) is 0 Å². The van der Waals surface area contributed by atoms with Gasteiger partial charge in [0.05, 0.1) is 0 Å². The molecule has 1 unspecified atom stereocenters. The molecule has 0 heterocycles. The van der Waals surface area contributed by atoms with Crippen LogP contribution in [0.25, 0.3) is 0 Å². The van der Waals surface area contributed by atoms with Gasteiger partial charge in [-0.3, -0.25) is 0 Å². The van der Waals surface area contributed by atoms with Crippen molar-refractivity contribution in [3.8, 4) is 0 Å². The zero-order chi connectivity index (χ0) is 14.6. The van der Waals surface area contributed by atoms with E-state index in [4.69, 9.17) is 0 Å². The summed E-state index contributed by atoms with van der Waals surface area (Å²) in [5.74, 6) is 0. The highest BCUT2D eigenvalue weighted by atomic mass is 19.4. The van der Waals surface area contributed by atoms with Crippen LogP contribution in [-0.4, -0.2) is 30.9 Å². The van der Waals surface area contributed by atoms with Crippen molar-refractivity contribution in [3.63, 3.8) is 0 Å². The largest absolute Gasteiger partial charge is 0.426 e. The van der Waals surface area contributed by atoms with E-state index in [0.717, 1.165) is 6.92 Å². The summed E-state index contributed by atoms with van der Waals surface area (Å²) in [4.78, 5) is 0. The molecule has 0 spiro atoms. The molecule has 110 valence electrons. The van der Waals surface area contributed by atoms with Gasteiger partial charge in [0.2, 0.25) is 0 Å². The lowest BCUT2D eigenvalue weighted by molar-refractivity contribution is -0.408. The minimum atomic E-state index is -5.55. The molecule has 18 heavy (non-hydrogen) atoms. The maximum atomic E-state index is 12.8. The van der Waals surface area contributed by atoms with Crippen molar-refractivity contribution in [1.82, 2.24) is 0 Å². The van der Waals surface area contributed by atoms with Gasteiger partial charge in [0.25, 0.3) is 5.60 Å². The quantitative estimate of drug-likeness (QED) is 0.540. The fourth-order valence-electron chi connectivity index (χ4n) is 1.54. The van der Waals surface area contributed by atoms with Crippen LogP contribution in [0, 0.1) is 0 Å². The summed E-state index contributed by atoms with van der Waals surface area (Å²) in [7, 11) is 0. The Kier molecular flexibility index (Phi) is 5.93. The van der Waals surface area contributed by atoms with Crippen LogP contribution in [0.15, 0.2) is 0 Å². The Bertz CT molecular complexity index is 234. The third kappa shape index (κ3) is 3.74. The average molecular weight is 282 g/mol. The summed E-state index contributed by atoms with van der Waals surface area (Å²) >= 11 is 0. The van der Waals surface area contributed by atoms with E-state index < -0.39 is 30.7 Å². The normalized spacial score (nSPS) is 15.8. The van der Waals surface area contributed by atoms with Crippen LogP contribution in [0.5, 0.6) is 0 Å². The van der Waals surface area contributed by atoms with Gasteiger partial charge >= 0.3 is 12.4 Å². The molecule has 0 aliphatic rings. The molecule has 0 saturated heterocycles. The third-order valence-electron chi connectivity index (χ3n) is 2.29. The van der Waals surface area contributed by atoms with E-state index in [0.29, 0.717) is 0 Å². The van der Waals surface area contributed by atoms with Gasteiger partial charge in [-0.2, -0.15) is 26.3 Å². The predicted molar refractivity (Wildman–Crippen MR) is 51.9 cm³/mol. The van der Waals surface area contributed by atoms with Crippen molar-refractivity contribution in [3.05, 3.63) is 0 Å². The minimum absolute atomic E-state index is 0.0426. The van der Waals surface area contributed by atoms with Crippen LogP contribution in [0.1, 0.15) is 33.6 Å². The third-order valence-corrected chi connectivity index (χ3v) is 2.29. The van der Waals surface area contributed by atoms with Crippen LogP contribution in [-0.2, 0) is 9.47 Å². The van der Waals surface area contributed by atoms with E-state index in [1.165, 1.54) is 13.8 Å². The monoisotopic (exact) mass is 282 g/mol. The first kappa shape index (κ1) is 17.5. The molecule has 0 N–H and O–H groups in total. The first-order valence-electron chi connectivity index (χ1n) is 5.44. The van der Waals surface area contributed by atoms with Crippen molar-refractivity contribution < 1.29 is 35.8 Å². The lowest BCUT2D eigenvalue weighted by Gasteiger charge is -2.38. The molecule has 0 aliphatic carbocycles. The fourth-order valence-corrected chi connectivity index (χ4v) is 1.54. The molecule has 0 bridgehead atoms. The number of rotatable bonds is 6. The van der Waals surface area contributed by atoms with Crippen LogP contribution >= 0.6 is 0 Å². The van der Waals surface area contributed by atoms with Gasteiger partial charge in [0.1, 0.15) is 0 Å². The van der Waals surface area contributed by atoms with E-state index >= 15 is 0 Å². The SMILES string of the molecule is CCCC(OC(C)OCC)(C(F)(F)F)C(F)(F)F. The molecule has 0 fully saturated rings. The van der Waals surface area contributed by atoms with Gasteiger partial charge < -0.3 is 9.47 Å². The van der Waals surface area contributed by atoms with Crippen LogP contribution in [0.2, 0.25) is 0 Å². The zero-order valence-corrected chi connectivity index (χ0v) is 10.3. The summed E-state index contributed by atoms with van der Waals surface area (Å²) in [5, 5.41) is 0. The molecule has 0 saturated carbocycles. The number of ether oxygens (including phenoxy) is 2. The topological polar surface area (TPSA) is 18.5 Å². The molecule has 0 aliphatic heterocycles. The number of alkyl halides is 6. The molecule has 2 nitrogen and oxygen atoms in total. The van der Waals surface area contributed by atoms with Gasteiger partial charge in [-0.05, 0) is 20.3 Å². The van der Waals surface area contributed by atoms with E-state index in [-0.39, 0.29) is 13.0 Å². The Balaban J connectivity index is 5.36. The molecule has 0 aromatic rings. The van der Waals surface area contributed by atoms with Crippen LogP contribution in [0.3, 0.4) is 0 Å². The van der Waals surface area contributed by atoms with Crippen molar-refractivity contribution in [2.45, 2.75) is 57.9 Å². The van der Waals surface area contributed by atoms with E-state index in [1.54, 1.807) is 0 Å². The van der Waals surface area contributed by atoms with Gasteiger partial charge in [-0.1, -0.05) is 13.3 Å². The van der Waals surface area contributed by atoms with Crippen LogP contribution < -0.4 is 0 Å². The molecular weight excluding hydrogens is 266 g/mol. The Labute approximate surface area is 101 Å². The highest BCUT2D eigenvalue weighted by molar-refractivity contribution is 4.95. The first-order chi connectivity index (χ1) is 8.02. The molecule has 0 aromatic carbocycles. The van der Waals surface area contributed by atoms with Gasteiger partial charge in [0.15, 0.2) is 6.29 Å². The zero-order valence-electron chi connectivity index (χ0n) is 10.3.